The lowest BCUT2D eigenvalue weighted by Crippen LogP contribution is -1.83. The summed E-state index contributed by atoms with van der Waals surface area (Å²) in [5.41, 5.74) is 2.61. The van der Waals surface area contributed by atoms with Gasteiger partial charge in [-0.05, 0) is 32.7 Å². The van der Waals surface area contributed by atoms with Crippen molar-refractivity contribution in [2.45, 2.75) is 0 Å². The first-order chi connectivity index (χ1) is 12.2. The van der Waals surface area contributed by atoms with Crippen LogP contribution >= 0.6 is 0 Å². The van der Waals surface area contributed by atoms with Crippen molar-refractivity contribution in [2.75, 3.05) is 0 Å². The predicted octanol–water partition coefficient (Wildman–Crippen LogP) is 5.92. The summed E-state index contributed by atoms with van der Waals surface area (Å²) in [4.78, 5) is 9.25. The van der Waals surface area contributed by atoms with E-state index in [4.69, 9.17) is 5.11 Å². The summed E-state index contributed by atoms with van der Waals surface area (Å²) in [7, 11) is 0. The van der Waals surface area contributed by atoms with Gasteiger partial charge in [0.1, 0.15) is 0 Å². The van der Waals surface area contributed by atoms with E-state index in [2.05, 4.69) is 91.5 Å². The third kappa shape index (κ3) is 3.59. The summed E-state index contributed by atoms with van der Waals surface area (Å²) in [6.45, 7) is 2.96. The first-order valence-corrected chi connectivity index (χ1v) is 8.02. The maximum atomic E-state index is 9.25. The van der Waals surface area contributed by atoms with Crippen LogP contribution in [0.2, 0.25) is 0 Å². The summed E-state index contributed by atoms with van der Waals surface area (Å²) in [6.07, 6.45) is 0.833. The molecule has 0 unspecified atom stereocenters. The molecule has 4 rings (SSSR count). The van der Waals surface area contributed by atoms with Crippen molar-refractivity contribution >= 4 is 27.5 Å². The quantitative estimate of drug-likeness (QED) is 0.464. The van der Waals surface area contributed by atoms with E-state index >= 15 is 0 Å². The lowest BCUT2D eigenvalue weighted by molar-refractivity contribution is -0.131. The molecule has 4 aromatic carbocycles. The molecule has 0 radical (unpaired) electrons. The molecule has 2 heteroatoms. The maximum absolute atomic E-state index is 9.25. The number of aliphatic carboxylic acids is 1. The lowest BCUT2D eigenvalue weighted by Gasteiger charge is -2.10. The van der Waals surface area contributed by atoms with E-state index in [1.165, 1.54) is 32.7 Å². The summed E-state index contributed by atoms with van der Waals surface area (Å²) in [6, 6.07) is 30.2. The molecule has 0 spiro atoms. The molecule has 122 valence electrons. The van der Waals surface area contributed by atoms with E-state index < -0.39 is 5.97 Å². The topological polar surface area (TPSA) is 37.3 Å². The van der Waals surface area contributed by atoms with E-state index in [1.807, 2.05) is 0 Å². The molecule has 0 saturated carbocycles. The van der Waals surface area contributed by atoms with Gasteiger partial charge < -0.3 is 5.11 Å². The van der Waals surface area contributed by atoms with Gasteiger partial charge in [-0.3, -0.25) is 0 Å². The molecule has 1 N–H and O–H groups in total. The Labute approximate surface area is 146 Å². The van der Waals surface area contributed by atoms with Gasteiger partial charge in [0.05, 0.1) is 0 Å². The highest BCUT2D eigenvalue weighted by Gasteiger charge is 2.06. The third-order valence-corrected chi connectivity index (χ3v) is 4.04. The Balaban J connectivity index is 0.000000324. The Morgan fingerprint density at radius 2 is 1.04 bits per heavy atom. The average molecular weight is 326 g/mol. The van der Waals surface area contributed by atoms with Crippen LogP contribution in [-0.2, 0) is 4.79 Å². The van der Waals surface area contributed by atoms with Crippen LogP contribution in [0.1, 0.15) is 0 Å². The molecule has 25 heavy (non-hydrogen) atoms. The minimum absolute atomic E-state index is 0.833. The molecule has 0 amide bonds. The number of rotatable bonds is 2. The van der Waals surface area contributed by atoms with Crippen LogP contribution in [-0.4, -0.2) is 11.1 Å². The molecule has 4 aromatic rings. The van der Waals surface area contributed by atoms with Crippen LogP contribution in [0.3, 0.4) is 0 Å². The molecule has 0 aliphatic rings. The van der Waals surface area contributed by atoms with Crippen molar-refractivity contribution in [3.05, 3.63) is 97.6 Å². The van der Waals surface area contributed by atoms with Crippen molar-refractivity contribution in [3.63, 3.8) is 0 Å². The third-order valence-electron chi connectivity index (χ3n) is 4.04. The molecule has 0 fully saturated rings. The van der Waals surface area contributed by atoms with Crippen LogP contribution < -0.4 is 0 Å². The molecule has 0 aromatic heterocycles. The lowest BCUT2D eigenvalue weighted by atomic mass is 9.94. The van der Waals surface area contributed by atoms with Crippen LogP contribution in [0.4, 0.5) is 0 Å². The molecular formula is C23H18O2. The minimum atomic E-state index is -0.981. The molecular weight excluding hydrogens is 308 g/mol. The molecule has 0 bridgehead atoms. The van der Waals surface area contributed by atoms with Gasteiger partial charge in [-0.25, -0.2) is 4.79 Å². The Hall–Kier alpha value is -3.39. The van der Waals surface area contributed by atoms with Crippen molar-refractivity contribution in [1.29, 1.82) is 0 Å². The van der Waals surface area contributed by atoms with Crippen LogP contribution in [0.15, 0.2) is 97.6 Å². The van der Waals surface area contributed by atoms with Gasteiger partial charge in [0.25, 0.3) is 0 Å². The molecule has 0 saturated heterocycles. The zero-order chi connectivity index (χ0) is 17.6. The van der Waals surface area contributed by atoms with Crippen LogP contribution in [0.25, 0.3) is 32.7 Å². The average Bonchev–Trinajstić information content (AvgIpc) is 2.67. The SMILES string of the molecule is C=CC(=O)O.c1ccc2c(-c3cccc4ccccc34)cccc2c1. The fourth-order valence-electron chi connectivity index (χ4n) is 2.92. The first-order valence-electron chi connectivity index (χ1n) is 8.02. The maximum Gasteiger partial charge on any atom is 0.327 e. The first kappa shape index (κ1) is 16.5. The fourth-order valence-corrected chi connectivity index (χ4v) is 2.92. The van der Waals surface area contributed by atoms with E-state index in [0.717, 1.165) is 6.08 Å². The number of carbonyl (C=O) groups is 1. The second kappa shape index (κ2) is 7.45. The second-order valence-corrected chi connectivity index (χ2v) is 5.60. The van der Waals surface area contributed by atoms with E-state index in [9.17, 15) is 4.79 Å². The number of carboxylic acid groups (broad SMARTS) is 1. The Morgan fingerprint density at radius 3 is 1.44 bits per heavy atom. The smallest absolute Gasteiger partial charge is 0.327 e. The Morgan fingerprint density at radius 1 is 0.680 bits per heavy atom. The minimum Gasteiger partial charge on any atom is -0.478 e. The van der Waals surface area contributed by atoms with Gasteiger partial charge in [0.15, 0.2) is 0 Å². The number of hydrogen-bond donors (Lipinski definition) is 1. The molecule has 0 atom stereocenters. The van der Waals surface area contributed by atoms with E-state index in [0.29, 0.717) is 0 Å². The monoisotopic (exact) mass is 326 g/mol. The standard InChI is InChI=1S/C20H14.C3H4O2/c1-3-11-17-15(7-1)9-5-13-19(17)20-14-6-10-16-8-2-4-12-18(16)20;1-2-3(4)5/h1-14H;2H,1H2,(H,4,5). The highest BCUT2D eigenvalue weighted by Crippen LogP contribution is 2.33. The fraction of sp³-hybridized carbons (Fsp3) is 0. The van der Waals surface area contributed by atoms with Crippen molar-refractivity contribution in [3.8, 4) is 11.1 Å². The van der Waals surface area contributed by atoms with Crippen molar-refractivity contribution in [1.82, 2.24) is 0 Å². The Kier molecular flexibility index (Phi) is 4.91. The van der Waals surface area contributed by atoms with Gasteiger partial charge in [0, 0.05) is 6.08 Å². The molecule has 2 nitrogen and oxygen atoms in total. The number of carboxylic acids is 1. The molecule has 0 aliphatic carbocycles. The summed E-state index contributed by atoms with van der Waals surface area (Å²) in [5, 5.41) is 12.8. The molecule has 0 aliphatic heterocycles. The Bertz CT molecular complexity index is 960. The van der Waals surface area contributed by atoms with Crippen LogP contribution in [0, 0.1) is 0 Å². The normalized spacial score (nSPS) is 10.1. The van der Waals surface area contributed by atoms with Crippen molar-refractivity contribution < 1.29 is 9.90 Å². The summed E-state index contributed by atoms with van der Waals surface area (Å²) < 4.78 is 0. The zero-order valence-corrected chi connectivity index (χ0v) is 13.7. The second-order valence-electron chi connectivity index (χ2n) is 5.60. The summed E-state index contributed by atoms with van der Waals surface area (Å²) in [5.74, 6) is -0.981. The highest BCUT2D eigenvalue weighted by atomic mass is 16.4. The predicted molar refractivity (Wildman–Crippen MR) is 105 cm³/mol. The van der Waals surface area contributed by atoms with E-state index in [-0.39, 0.29) is 0 Å². The van der Waals surface area contributed by atoms with Gasteiger partial charge >= 0.3 is 5.97 Å². The zero-order valence-electron chi connectivity index (χ0n) is 13.7. The van der Waals surface area contributed by atoms with Gasteiger partial charge in [-0.2, -0.15) is 0 Å². The van der Waals surface area contributed by atoms with Crippen LogP contribution in [0.5, 0.6) is 0 Å². The number of fused-ring (bicyclic) bond motifs is 2. The molecule has 0 heterocycles. The van der Waals surface area contributed by atoms with Crippen molar-refractivity contribution in [2.24, 2.45) is 0 Å². The summed E-state index contributed by atoms with van der Waals surface area (Å²) >= 11 is 0. The van der Waals surface area contributed by atoms with Gasteiger partial charge in [-0.15, -0.1) is 0 Å². The highest BCUT2D eigenvalue weighted by molar-refractivity contribution is 6.05. The number of benzene rings is 4. The number of hydrogen-bond acceptors (Lipinski definition) is 1. The van der Waals surface area contributed by atoms with Gasteiger partial charge in [0.2, 0.25) is 0 Å². The largest absolute Gasteiger partial charge is 0.478 e. The van der Waals surface area contributed by atoms with E-state index in [1.54, 1.807) is 0 Å². The van der Waals surface area contributed by atoms with Gasteiger partial charge in [-0.1, -0.05) is 91.5 Å².